The highest BCUT2D eigenvalue weighted by Crippen LogP contribution is 2.13. The van der Waals surface area contributed by atoms with Crippen LogP contribution in [0.5, 0.6) is 0 Å². The highest BCUT2D eigenvalue weighted by molar-refractivity contribution is 5.85. The van der Waals surface area contributed by atoms with E-state index in [-0.39, 0.29) is 0 Å². The highest BCUT2D eigenvalue weighted by Gasteiger charge is 1.99. The summed E-state index contributed by atoms with van der Waals surface area (Å²) in [6, 6.07) is 5.85. The van der Waals surface area contributed by atoms with Crippen molar-refractivity contribution >= 4 is 23.1 Å². The molecule has 0 aliphatic carbocycles. The van der Waals surface area contributed by atoms with Crippen LogP contribution in [0, 0.1) is 6.92 Å². The Morgan fingerprint density at radius 2 is 2.33 bits per heavy atom. The van der Waals surface area contributed by atoms with E-state index in [0.717, 1.165) is 22.7 Å². The maximum absolute atomic E-state index is 10.3. The van der Waals surface area contributed by atoms with Gasteiger partial charge in [-0.1, -0.05) is 6.07 Å². The fourth-order valence-electron chi connectivity index (χ4n) is 1.36. The van der Waals surface area contributed by atoms with E-state index in [1.54, 1.807) is 0 Å². The molecule has 0 bridgehead atoms. The lowest BCUT2D eigenvalue weighted by atomic mass is 10.2. The van der Waals surface area contributed by atoms with E-state index in [1.165, 1.54) is 6.08 Å². The van der Waals surface area contributed by atoms with Crippen LogP contribution in [0.15, 0.2) is 24.3 Å². The predicted molar refractivity (Wildman–Crippen MR) is 57.5 cm³/mol. The Bertz CT molecular complexity index is 541. The number of carboxylic acids is 1. The third-order valence-corrected chi connectivity index (χ3v) is 2.04. The first-order valence-electron chi connectivity index (χ1n) is 4.52. The van der Waals surface area contributed by atoms with Gasteiger partial charge in [-0.15, -0.1) is 0 Å². The molecule has 0 amide bonds. The van der Waals surface area contributed by atoms with Crippen LogP contribution in [-0.2, 0) is 4.79 Å². The van der Waals surface area contributed by atoms with E-state index >= 15 is 0 Å². The van der Waals surface area contributed by atoms with Crippen LogP contribution >= 0.6 is 0 Å². The van der Waals surface area contributed by atoms with Crippen molar-refractivity contribution in [3.05, 3.63) is 35.7 Å². The Morgan fingerprint density at radius 3 is 3.07 bits per heavy atom. The minimum Gasteiger partial charge on any atom is -0.478 e. The van der Waals surface area contributed by atoms with Crippen LogP contribution < -0.4 is 0 Å². The predicted octanol–water partition coefficient (Wildman–Crippen LogP) is 1.97. The number of imidazole rings is 1. The van der Waals surface area contributed by atoms with E-state index in [0.29, 0.717) is 5.82 Å². The number of aromatic amines is 1. The largest absolute Gasteiger partial charge is 0.478 e. The average Bonchev–Trinajstić information content (AvgIpc) is 2.56. The molecule has 0 spiro atoms. The van der Waals surface area contributed by atoms with Gasteiger partial charge in [-0.25, -0.2) is 9.78 Å². The summed E-state index contributed by atoms with van der Waals surface area (Å²) in [5.74, 6) is -0.426. The van der Waals surface area contributed by atoms with Crippen molar-refractivity contribution in [2.45, 2.75) is 6.92 Å². The summed E-state index contributed by atoms with van der Waals surface area (Å²) in [5.41, 5.74) is 2.88. The monoisotopic (exact) mass is 202 g/mol. The summed E-state index contributed by atoms with van der Waals surface area (Å²) in [4.78, 5) is 17.6. The minimum atomic E-state index is -0.980. The molecular weight excluding hydrogens is 192 g/mol. The van der Waals surface area contributed by atoms with E-state index in [9.17, 15) is 4.79 Å². The smallest absolute Gasteiger partial charge is 0.328 e. The molecule has 1 aromatic heterocycles. The van der Waals surface area contributed by atoms with Gasteiger partial charge in [0.2, 0.25) is 0 Å². The maximum Gasteiger partial charge on any atom is 0.328 e. The van der Waals surface area contributed by atoms with Gasteiger partial charge in [0.05, 0.1) is 11.0 Å². The van der Waals surface area contributed by atoms with Crippen LogP contribution in [0.4, 0.5) is 0 Å². The fourth-order valence-corrected chi connectivity index (χ4v) is 1.36. The number of nitrogens with one attached hydrogen (secondary N) is 1. The van der Waals surface area contributed by atoms with Gasteiger partial charge in [0.25, 0.3) is 0 Å². The zero-order valence-electron chi connectivity index (χ0n) is 8.19. The lowest BCUT2D eigenvalue weighted by Gasteiger charge is -1.88. The zero-order chi connectivity index (χ0) is 10.8. The number of aryl methyl sites for hydroxylation is 1. The Hall–Kier alpha value is -2.10. The number of carboxylic acid groups (broad SMARTS) is 1. The first-order valence-corrected chi connectivity index (χ1v) is 4.52. The first kappa shape index (κ1) is 9.45. The van der Waals surface area contributed by atoms with Gasteiger partial charge >= 0.3 is 5.97 Å². The highest BCUT2D eigenvalue weighted by atomic mass is 16.4. The van der Waals surface area contributed by atoms with Crippen molar-refractivity contribution in [1.82, 2.24) is 9.97 Å². The van der Waals surface area contributed by atoms with Crippen molar-refractivity contribution in [3.8, 4) is 0 Å². The van der Waals surface area contributed by atoms with Gasteiger partial charge in [0.15, 0.2) is 0 Å². The number of hydrogen-bond donors (Lipinski definition) is 2. The van der Waals surface area contributed by atoms with Crippen LogP contribution in [0.25, 0.3) is 17.1 Å². The number of aliphatic carboxylic acids is 1. The molecule has 1 aromatic carbocycles. The summed E-state index contributed by atoms with van der Waals surface area (Å²) in [7, 11) is 0. The number of hydrogen-bond acceptors (Lipinski definition) is 2. The maximum atomic E-state index is 10.3. The van der Waals surface area contributed by atoms with Crippen molar-refractivity contribution in [2.24, 2.45) is 0 Å². The van der Waals surface area contributed by atoms with E-state index in [4.69, 9.17) is 5.11 Å². The Labute approximate surface area is 86.3 Å². The lowest BCUT2D eigenvalue weighted by Crippen LogP contribution is -1.86. The summed E-state index contributed by atoms with van der Waals surface area (Å²) in [6.45, 7) is 1.99. The summed E-state index contributed by atoms with van der Waals surface area (Å²) >= 11 is 0. The molecule has 1 heterocycles. The van der Waals surface area contributed by atoms with Crippen molar-refractivity contribution in [3.63, 3.8) is 0 Å². The van der Waals surface area contributed by atoms with Crippen LogP contribution in [0.3, 0.4) is 0 Å². The molecule has 0 aliphatic rings. The van der Waals surface area contributed by atoms with Gasteiger partial charge < -0.3 is 10.1 Å². The summed E-state index contributed by atoms with van der Waals surface area (Å²) in [6.07, 6.45) is 2.50. The molecule has 0 fully saturated rings. The number of benzene rings is 1. The normalized spacial score (nSPS) is 11.3. The van der Waals surface area contributed by atoms with E-state index in [2.05, 4.69) is 9.97 Å². The minimum absolute atomic E-state index is 0.554. The molecule has 76 valence electrons. The molecule has 2 rings (SSSR count). The lowest BCUT2D eigenvalue weighted by molar-refractivity contribution is -0.131. The fraction of sp³-hybridized carbons (Fsp3) is 0.0909. The summed E-state index contributed by atoms with van der Waals surface area (Å²) in [5, 5.41) is 8.47. The Balaban J connectivity index is 2.43. The molecule has 4 nitrogen and oxygen atoms in total. The molecule has 2 N–H and O–H groups in total. The van der Waals surface area contributed by atoms with Crippen molar-refractivity contribution in [2.75, 3.05) is 0 Å². The van der Waals surface area contributed by atoms with Crippen molar-refractivity contribution < 1.29 is 9.90 Å². The zero-order valence-corrected chi connectivity index (χ0v) is 8.19. The average molecular weight is 202 g/mol. The molecule has 0 saturated carbocycles. The number of fused-ring (bicyclic) bond motifs is 1. The van der Waals surface area contributed by atoms with Crippen LogP contribution in [0.1, 0.15) is 11.4 Å². The van der Waals surface area contributed by atoms with Gasteiger partial charge in [0, 0.05) is 6.08 Å². The standard InChI is InChI=1S/C11H10N2O2/c1-7-2-3-8-9(6-7)13-10(12-8)4-5-11(14)15/h2-6H,1H3,(H,12,13)(H,14,15)/b5-4+. The van der Waals surface area contributed by atoms with E-state index < -0.39 is 5.97 Å². The Morgan fingerprint density at radius 1 is 1.53 bits per heavy atom. The van der Waals surface area contributed by atoms with Gasteiger partial charge in [-0.3, -0.25) is 0 Å². The quantitative estimate of drug-likeness (QED) is 0.731. The first-order chi connectivity index (χ1) is 7.15. The molecule has 0 radical (unpaired) electrons. The molecule has 4 heteroatoms. The number of nitrogens with zero attached hydrogens (tertiary/aromatic N) is 1. The molecular formula is C11H10N2O2. The van der Waals surface area contributed by atoms with Gasteiger partial charge in [-0.05, 0) is 30.7 Å². The third-order valence-electron chi connectivity index (χ3n) is 2.04. The molecule has 0 aliphatic heterocycles. The second kappa shape index (κ2) is 3.57. The van der Waals surface area contributed by atoms with Crippen LogP contribution in [0.2, 0.25) is 0 Å². The molecule has 0 atom stereocenters. The topological polar surface area (TPSA) is 66.0 Å². The second-order valence-corrected chi connectivity index (χ2v) is 3.31. The second-order valence-electron chi connectivity index (χ2n) is 3.31. The van der Waals surface area contributed by atoms with Gasteiger partial charge in [-0.2, -0.15) is 0 Å². The van der Waals surface area contributed by atoms with Crippen LogP contribution in [-0.4, -0.2) is 21.0 Å². The molecule has 0 unspecified atom stereocenters. The number of H-pyrrole nitrogens is 1. The SMILES string of the molecule is Cc1ccc2[nH]c(/C=C/C(=O)O)nc2c1. The third kappa shape index (κ3) is 2.04. The Kier molecular flexibility index (Phi) is 2.25. The van der Waals surface area contributed by atoms with Gasteiger partial charge in [0.1, 0.15) is 5.82 Å². The van der Waals surface area contributed by atoms with Crippen molar-refractivity contribution in [1.29, 1.82) is 0 Å². The number of aromatic nitrogens is 2. The molecule has 15 heavy (non-hydrogen) atoms. The number of carbonyl (C=O) groups is 1. The number of rotatable bonds is 2. The summed E-state index contributed by atoms with van der Waals surface area (Å²) < 4.78 is 0. The molecule has 0 saturated heterocycles. The van der Waals surface area contributed by atoms with E-state index in [1.807, 2.05) is 25.1 Å². The molecule has 2 aromatic rings.